The van der Waals surface area contributed by atoms with Crippen molar-refractivity contribution < 1.29 is 66.6 Å². The quantitative estimate of drug-likeness (QED) is 0.603. The van der Waals surface area contributed by atoms with Crippen LogP contribution in [0.3, 0.4) is 0 Å². The van der Waals surface area contributed by atoms with Crippen LogP contribution in [0.15, 0.2) is 36.6 Å². The first-order valence-electron chi connectivity index (χ1n) is 3.36. The van der Waals surface area contributed by atoms with E-state index in [9.17, 15) is 0 Å². The van der Waals surface area contributed by atoms with Crippen molar-refractivity contribution in [3.8, 4) is 5.75 Å². The minimum atomic E-state index is 0. The van der Waals surface area contributed by atoms with Crippen LogP contribution < -0.4 is 4.74 Å². The molecular formula is C9H8Ag2FeO. The average molecular weight is 404 g/mol. The Kier molecular flexibility index (Phi) is 10.1. The normalized spacial score (nSPS) is 10.8. The predicted molar refractivity (Wildman–Crippen MR) is 39.9 cm³/mol. The van der Waals surface area contributed by atoms with Crippen molar-refractivity contribution in [3.05, 3.63) is 42.2 Å². The van der Waals surface area contributed by atoms with E-state index in [2.05, 4.69) is 6.07 Å². The van der Waals surface area contributed by atoms with Crippen LogP contribution in [-0.2, 0) is 68.2 Å². The van der Waals surface area contributed by atoms with Crippen molar-refractivity contribution in [2.45, 2.75) is 6.42 Å². The van der Waals surface area contributed by atoms with Gasteiger partial charge < -0.3 is 4.74 Å². The van der Waals surface area contributed by atoms with Gasteiger partial charge in [0.15, 0.2) is 0 Å². The molecule has 0 saturated carbocycles. The van der Waals surface area contributed by atoms with Crippen molar-refractivity contribution in [1.82, 2.24) is 0 Å². The molecule has 1 aliphatic heterocycles. The maximum Gasteiger partial charge on any atom is 0.130 e. The fraction of sp³-hybridized carbons (Fsp3) is 0.111. The van der Waals surface area contributed by atoms with Crippen LogP contribution in [0, 0.1) is 0 Å². The van der Waals surface area contributed by atoms with E-state index in [1.165, 1.54) is 5.56 Å². The van der Waals surface area contributed by atoms with Gasteiger partial charge in [-0.15, -0.1) is 0 Å². The Balaban J connectivity index is 0. The zero-order valence-corrected chi connectivity index (χ0v) is 10.6. The number of allylic oxidation sites excluding steroid dienone is 1. The Morgan fingerprint density at radius 2 is 1.77 bits per heavy atom. The van der Waals surface area contributed by atoms with Gasteiger partial charge in [-0.25, -0.2) is 0 Å². The van der Waals surface area contributed by atoms with E-state index in [-0.39, 0.29) is 61.8 Å². The van der Waals surface area contributed by atoms with E-state index in [1.54, 1.807) is 6.26 Å². The number of rotatable bonds is 0. The van der Waals surface area contributed by atoms with E-state index in [4.69, 9.17) is 4.74 Å². The van der Waals surface area contributed by atoms with Crippen LogP contribution >= 0.6 is 0 Å². The van der Waals surface area contributed by atoms with Crippen LogP contribution in [0.25, 0.3) is 0 Å². The van der Waals surface area contributed by atoms with Gasteiger partial charge in [-0.2, -0.15) is 0 Å². The monoisotopic (exact) mass is 402 g/mol. The molecule has 0 N–H and O–H groups in total. The van der Waals surface area contributed by atoms with Gasteiger partial charge in [-0.3, -0.25) is 0 Å². The number of fused-ring (bicyclic) bond motifs is 1. The summed E-state index contributed by atoms with van der Waals surface area (Å²) >= 11 is 0. The summed E-state index contributed by atoms with van der Waals surface area (Å²) in [6.07, 6.45) is 4.75. The molecular weight excluding hydrogens is 396 g/mol. The Hall–Kier alpha value is 0.760. The molecule has 0 aromatic heterocycles. The third kappa shape index (κ3) is 4.20. The number of para-hydroxylation sites is 1. The molecule has 0 atom stereocenters. The third-order valence-electron chi connectivity index (χ3n) is 1.60. The van der Waals surface area contributed by atoms with Crippen molar-refractivity contribution in [2.75, 3.05) is 0 Å². The molecule has 0 spiro atoms. The molecule has 0 amide bonds. The smallest absolute Gasteiger partial charge is 0.130 e. The van der Waals surface area contributed by atoms with E-state index in [0.29, 0.717) is 0 Å². The van der Waals surface area contributed by atoms with Gasteiger partial charge in [-0.1, -0.05) is 18.2 Å². The van der Waals surface area contributed by atoms with Gasteiger partial charge in [0.25, 0.3) is 0 Å². The van der Waals surface area contributed by atoms with Gasteiger partial charge in [0.2, 0.25) is 0 Å². The van der Waals surface area contributed by atoms with E-state index in [0.717, 1.165) is 12.2 Å². The maximum absolute atomic E-state index is 5.24. The molecule has 80 valence electrons. The Labute approximate surface area is 120 Å². The summed E-state index contributed by atoms with van der Waals surface area (Å²) in [5.41, 5.74) is 1.27. The molecule has 1 heterocycles. The molecule has 2 radical (unpaired) electrons. The van der Waals surface area contributed by atoms with Crippen LogP contribution in [0.1, 0.15) is 5.56 Å². The van der Waals surface area contributed by atoms with Crippen LogP contribution in [0.2, 0.25) is 0 Å². The first-order chi connectivity index (χ1) is 4.97. The van der Waals surface area contributed by atoms with Gasteiger partial charge in [-0.05, 0) is 24.1 Å². The third-order valence-corrected chi connectivity index (χ3v) is 1.60. The zero-order valence-electron chi connectivity index (χ0n) is 6.54. The Bertz CT molecular complexity index is 249. The summed E-state index contributed by atoms with van der Waals surface area (Å²) in [6.45, 7) is 0. The molecule has 1 aliphatic rings. The summed E-state index contributed by atoms with van der Waals surface area (Å²) in [5.74, 6) is 0.991. The summed E-state index contributed by atoms with van der Waals surface area (Å²) < 4.78 is 5.24. The van der Waals surface area contributed by atoms with Crippen LogP contribution in [0.5, 0.6) is 5.75 Å². The molecule has 1 aromatic carbocycles. The maximum atomic E-state index is 5.24. The standard InChI is InChI=1S/C9H8O.2Ag.Fe/c1-2-6-9-8(4-1)5-3-7-10-9;;;/h1-4,6-7H,5H2;;;. The van der Waals surface area contributed by atoms with Crippen molar-refractivity contribution in [3.63, 3.8) is 0 Å². The van der Waals surface area contributed by atoms with Crippen molar-refractivity contribution >= 4 is 0 Å². The summed E-state index contributed by atoms with van der Waals surface area (Å²) in [5, 5.41) is 0. The number of benzene rings is 1. The average Bonchev–Trinajstić information content (AvgIpc) is 2.05. The molecule has 13 heavy (non-hydrogen) atoms. The van der Waals surface area contributed by atoms with Crippen molar-refractivity contribution in [1.29, 1.82) is 0 Å². The Morgan fingerprint density at radius 3 is 2.46 bits per heavy atom. The van der Waals surface area contributed by atoms with Crippen LogP contribution in [0.4, 0.5) is 0 Å². The van der Waals surface area contributed by atoms with Gasteiger partial charge in [0, 0.05) is 61.8 Å². The Morgan fingerprint density at radius 1 is 1.08 bits per heavy atom. The van der Waals surface area contributed by atoms with Gasteiger partial charge in [0.1, 0.15) is 5.75 Å². The molecule has 0 saturated heterocycles. The summed E-state index contributed by atoms with van der Waals surface area (Å²) in [7, 11) is 0. The summed E-state index contributed by atoms with van der Waals surface area (Å²) in [6, 6.07) is 8.08. The SMILES string of the molecule is C1=COc2ccccc2C1.[Ag].[Ag].[Fe]. The topological polar surface area (TPSA) is 9.23 Å². The molecule has 1 aromatic rings. The molecule has 4 heteroatoms. The predicted octanol–water partition coefficient (Wildman–Crippen LogP) is 2.13. The van der Waals surface area contributed by atoms with Gasteiger partial charge in [0.05, 0.1) is 6.26 Å². The second-order valence-corrected chi connectivity index (χ2v) is 2.30. The van der Waals surface area contributed by atoms with Gasteiger partial charge >= 0.3 is 0 Å². The van der Waals surface area contributed by atoms with Crippen molar-refractivity contribution in [2.24, 2.45) is 0 Å². The summed E-state index contributed by atoms with van der Waals surface area (Å²) in [4.78, 5) is 0. The molecule has 2 rings (SSSR count). The first-order valence-corrected chi connectivity index (χ1v) is 3.36. The largest absolute Gasteiger partial charge is 0.465 e. The van der Waals surface area contributed by atoms with E-state index >= 15 is 0 Å². The molecule has 0 bridgehead atoms. The molecule has 0 aliphatic carbocycles. The van der Waals surface area contributed by atoms with Crippen LogP contribution in [-0.4, -0.2) is 0 Å². The second-order valence-electron chi connectivity index (χ2n) is 2.30. The first kappa shape index (κ1) is 16.2. The number of hydrogen-bond acceptors (Lipinski definition) is 1. The fourth-order valence-corrected chi connectivity index (χ4v) is 1.08. The molecule has 1 nitrogen and oxygen atoms in total. The minimum absolute atomic E-state index is 0. The number of ether oxygens (including phenoxy) is 1. The van der Waals surface area contributed by atoms with E-state index < -0.39 is 0 Å². The second kappa shape index (κ2) is 8.10. The zero-order chi connectivity index (χ0) is 6.81. The fourth-order valence-electron chi connectivity index (χ4n) is 1.08. The number of hydrogen-bond donors (Lipinski definition) is 0. The van der Waals surface area contributed by atoms with E-state index in [1.807, 2.05) is 24.3 Å². The molecule has 0 fully saturated rings. The minimum Gasteiger partial charge on any atom is -0.465 e. The molecule has 0 unspecified atom stereocenters.